The quantitative estimate of drug-likeness (QED) is 0.334. The number of hydrogen-bond acceptors (Lipinski definition) is 2. The van der Waals surface area contributed by atoms with Crippen LogP contribution in [0.25, 0.3) is 5.57 Å². The molecule has 0 heterocycles. The van der Waals surface area contributed by atoms with Crippen molar-refractivity contribution in [3.63, 3.8) is 0 Å². The maximum Gasteiger partial charge on any atom is 0.338 e. The molecule has 0 aliphatic carbocycles. The van der Waals surface area contributed by atoms with Crippen LogP contribution in [0.4, 0.5) is 0 Å². The Kier molecular flexibility index (Phi) is 5.96. The van der Waals surface area contributed by atoms with E-state index in [1.54, 1.807) is 0 Å². The maximum absolute atomic E-state index is 12.3. The minimum Gasteiger partial charge on any atom is -0.465 e. The Balaban J connectivity index is 3.46. The summed E-state index contributed by atoms with van der Waals surface area (Å²) in [4.78, 5) is 12.3. The third-order valence-corrected chi connectivity index (χ3v) is 5.57. The first kappa shape index (κ1) is 16.4. The molecule has 0 fully saturated rings. The van der Waals surface area contributed by atoms with Crippen LogP contribution in [0.5, 0.6) is 0 Å². The SMILES string of the molecule is C=CCC/C(=C(/C(=O)OC)c1ccccc1)[Si](C)(C)C. The Morgan fingerprint density at radius 2 is 1.85 bits per heavy atom. The number of hydrogen-bond donors (Lipinski definition) is 0. The van der Waals surface area contributed by atoms with Crippen molar-refractivity contribution in [1.82, 2.24) is 0 Å². The molecule has 20 heavy (non-hydrogen) atoms. The van der Waals surface area contributed by atoms with Crippen LogP contribution in [0.2, 0.25) is 19.6 Å². The van der Waals surface area contributed by atoms with Gasteiger partial charge in [0.25, 0.3) is 0 Å². The number of rotatable bonds is 6. The van der Waals surface area contributed by atoms with E-state index >= 15 is 0 Å². The molecule has 0 N–H and O–H groups in total. The predicted octanol–water partition coefficient (Wildman–Crippen LogP) is 4.46. The van der Waals surface area contributed by atoms with Gasteiger partial charge in [-0.15, -0.1) is 6.58 Å². The average molecular weight is 288 g/mol. The molecule has 0 bridgehead atoms. The minimum atomic E-state index is -1.62. The zero-order valence-corrected chi connectivity index (χ0v) is 13.9. The van der Waals surface area contributed by atoms with E-state index in [2.05, 4.69) is 26.2 Å². The Bertz CT molecular complexity index is 495. The Labute approximate surface area is 123 Å². The van der Waals surface area contributed by atoms with Crippen molar-refractivity contribution in [1.29, 1.82) is 0 Å². The Morgan fingerprint density at radius 1 is 1.25 bits per heavy atom. The van der Waals surface area contributed by atoms with Gasteiger partial charge in [-0.3, -0.25) is 0 Å². The second kappa shape index (κ2) is 7.24. The summed E-state index contributed by atoms with van der Waals surface area (Å²) in [5.74, 6) is -0.238. The molecule has 0 aromatic heterocycles. The van der Waals surface area contributed by atoms with Gasteiger partial charge in [-0.1, -0.05) is 61.2 Å². The van der Waals surface area contributed by atoms with E-state index < -0.39 is 8.07 Å². The van der Waals surface area contributed by atoms with Crippen LogP contribution in [-0.2, 0) is 9.53 Å². The lowest BCUT2D eigenvalue weighted by molar-refractivity contribution is -0.133. The Morgan fingerprint density at radius 3 is 2.30 bits per heavy atom. The van der Waals surface area contributed by atoms with Crippen LogP contribution < -0.4 is 0 Å². The van der Waals surface area contributed by atoms with Gasteiger partial charge in [0.1, 0.15) is 0 Å². The van der Waals surface area contributed by atoms with E-state index in [0.717, 1.165) is 24.0 Å². The molecule has 2 nitrogen and oxygen atoms in total. The lowest BCUT2D eigenvalue weighted by Crippen LogP contribution is -2.27. The summed E-state index contributed by atoms with van der Waals surface area (Å²) < 4.78 is 5.02. The molecule has 0 spiro atoms. The number of benzene rings is 1. The highest BCUT2D eigenvalue weighted by Crippen LogP contribution is 2.30. The molecular weight excluding hydrogens is 264 g/mol. The smallest absolute Gasteiger partial charge is 0.338 e. The van der Waals surface area contributed by atoms with Crippen molar-refractivity contribution >= 4 is 19.6 Å². The van der Waals surface area contributed by atoms with E-state index in [4.69, 9.17) is 4.74 Å². The van der Waals surface area contributed by atoms with Gasteiger partial charge in [-0.25, -0.2) is 4.79 Å². The summed E-state index contributed by atoms with van der Waals surface area (Å²) in [6.45, 7) is 10.6. The third-order valence-electron chi connectivity index (χ3n) is 3.26. The topological polar surface area (TPSA) is 26.3 Å². The number of carbonyl (C=O) groups excluding carboxylic acids is 1. The van der Waals surface area contributed by atoms with Crippen LogP contribution in [0.3, 0.4) is 0 Å². The molecule has 0 aliphatic heterocycles. The van der Waals surface area contributed by atoms with E-state index in [1.807, 2.05) is 36.4 Å². The standard InChI is InChI=1S/C17H24O2Si/c1-6-7-13-15(20(3,4)5)16(17(18)19-2)14-11-9-8-10-12-14/h6,8-12H,1,7,13H2,2-5H3/b16-15-. The minimum absolute atomic E-state index is 0.238. The molecule has 0 saturated carbocycles. The summed E-state index contributed by atoms with van der Waals surface area (Å²) in [5.41, 5.74) is 1.69. The van der Waals surface area contributed by atoms with E-state index in [0.29, 0.717) is 0 Å². The average Bonchev–Trinajstić information content (AvgIpc) is 2.42. The van der Waals surface area contributed by atoms with E-state index in [1.165, 1.54) is 12.3 Å². The van der Waals surface area contributed by atoms with Crippen molar-refractivity contribution in [3.05, 3.63) is 53.7 Å². The fraction of sp³-hybridized carbons (Fsp3) is 0.353. The van der Waals surface area contributed by atoms with E-state index in [9.17, 15) is 4.79 Å². The van der Waals surface area contributed by atoms with E-state index in [-0.39, 0.29) is 5.97 Å². The molecule has 3 heteroatoms. The monoisotopic (exact) mass is 288 g/mol. The number of ether oxygens (including phenoxy) is 1. The van der Waals surface area contributed by atoms with Gasteiger partial charge in [-0.05, 0) is 18.4 Å². The third kappa shape index (κ3) is 4.20. The highest BCUT2D eigenvalue weighted by Gasteiger charge is 2.27. The molecular formula is C17H24O2Si. The zero-order valence-electron chi connectivity index (χ0n) is 12.9. The first-order chi connectivity index (χ1) is 9.41. The maximum atomic E-state index is 12.3. The van der Waals surface area contributed by atoms with Crippen LogP contribution in [-0.4, -0.2) is 21.2 Å². The highest BCUT2D eigenvalue weighted by molar-refractivity contribution is 6.84. The second-order valence-electron chi connectivity index (χ2n) is 5.79. The lowest BCUT2D eigenvalue weighted by Gasteiger charge is -2.24. The summed E-state index contributed by atoms with van der Waals surface area (Å²) in [5, 5.41) is 1.25. The normalized spacial score (nSPS) is 12.6. The van der Waals surface area contributed by atoms with Crippen LogP contribution >= 0.6 is 0 Å². The number of carbonyl (C=O) groups is 1. The van der Waals surface area contributed by atoms with Crippen molar-refractivity contribution < 1.29 is 9.53 Å². The lowest BCUT2D eigenvalue weighted by atomic mass is 10.0. The van der Waals surface area contributed by atoms with Gasteiger partial charge in [-0.2, -0.15) is 0 Å². The summed E-state index contributed by atoms with van der Waals surface area (Å²) >= 11 is 0. The van der Waals surface area contributed by atoms with Gasteiger partial charge in [0, 0.05) is 0 Å². The molecule has 1 rings (SSSR count). The van der Waals surface area contributed by atoms with Gasteiger partial charge in [0.15, 0.2) is 0 Å². The molecule has 0 amide bonds. The summed E-state index contributed by atoms with van der Waals surface area (Å²) in [7, 11) is -0.173. The zero-order chi connectivity index (χ0) is 15.2. The first-order valence-electron chi connectivity index (χ1n) is 6.90. The van der Waals surface area contributed by atoms with Crippen LogP contribution in [0, 0.1) is 0 Å². The number of esters is 1. The van der Waals surface area contributed by atoms with Gasteiger partial charge >= 0.3 is 5.97 Å². The molecule has 0 atom stereocenters. The van der Waals surface area contributed by atoms with Crippen LogP contribution in [0.1, 0.15) is 18.4 Å². The molecule has 0 radical (unpaired) electrons. The van der Waals surface area contributed by atoms with Crippen molar-refractivity contribution in [3.8, 4) is 0 Å². The van der Waals surface area contributed by atoms with Gasteiger partial charge in [0.05, 0.1) is 20.8 Å². The van der Waals surface area contributed by atoms with Crippen molar-refractivity contribution in [2.75, 3.05) is 7.11 Å². The summed E-state index contributed by atoms with van der Waals surface area (Å²) in [6.07, 6.45) is 3.66. The van der Waals surface area contributed by atoms with Gasteiger partial charge in [0.2, 0.25) is 0 Å². The Hall–Kier alpha value is -1.61. The molecule has 0 unspecified atom stereocenters. The number of methoxy groups -OCH3 is 1. The molecule has 0 saturated heterocycles. The largest absolute Gasteiger partial charge is 0.465 e. The van der Waals surface area contributed by atoms with Crippen molar-refractivity contribution in [2.24, 2.45) is 0 Å². The predicted molar refractivity (Wildman–Crippen MR) is 88.2 cm³/mol. The van der Waals surface area contributed by atoms with Crippen molar-refractivity contribution in [2.45, 2.75) is 32.5 Å². The first-order valence-corrected chi connectivity index (χ1v) is 10.4. The fourth-order valence-corrected chi connectivity index (χ4v) is 4.13. The number of allylic oxidation sites excluding steroid dienone is 2. The molecule has 0 aliphatic rings. The fourth-order valence-electron chi connectivity index (χ4n) is 2.24. The van der Waals surface area contributed by atoms with Gasteiger partial charge < -0.3 is 4.74 Å². The highest BCUT2D eigenvalue weighted by atomic mass is 28.3. The summed E-state index contributed by atoms with van der Waals surface area (Å²) in [6, 6.07) is 9.80. The second-order valence-corrected chi connectivity index (χ2v) is 10.9. The molecule has 108 valence electrons. The molecule has 1 aromatic carbocycles. The van der Waals surface area contributed by atoms with Crippen LogP contribution in [0.15, 0.2) is 48.2 Å². The molecule has 1 aromatic rings.